The lowest BCUT2D eigenvalue weighted by molar-refractivity contribution is 0.601. The molecule has 0 unspecified atom stereocenters. The molecule has 0 amide bonds. The molecule has 6 nitrogen and oxygen atoms in total. The topological polar surface area (TPSA) is 73.1 Å². The predicted octanol–water partition coefficient (Wildman–Crippen LogP) is 2.24. The number of imidazole rings is 1. The van der Waals surface area contributed by atoms with Crippen LogP contribution in [0.15, 0.2) is 52.2 Å². The zero-order valence-corrected chi connectivity index (χ0v) is 14.6. The Morgan fingerprint density at radius 2 is 1.58 bits per heavy atom. The number of sulfonamides is 1. The van der Waals surface area contributed by atoms with Gasteiger partial charge in [-0.2, -0.15) is 0 Å². The molecule has 3 rings (SSSR count). The third-order valence-electron chi connectivity index (χ3n) is 4.17. The zero-order valence-electron chi connectivity index (χ0n) is 13.8. The maximum atomic E-state index is 12.6. The molecule has 0 saturated carbocycles. The number of aromatic nitrogens is 2. The van der Waals surface area contributed by atoms with Crippen LogP contribution in [0.3, 0.4) is 0 Å². The van der Waals surface area contributed by atoms with Crippen molar-refractivity contribution >= 4 is 26.7 Å². The standard InChI is InChI=1S/C17H19N3O3S/c1-4-12-5-7-13(8-6-12)18-24(22,23)14-9-10-15-16(11-14)20(3)17(21)19(15)2/h5-11,18H,4H2,1-3H3. The average Bonchev–Trinajstić information content (AvgIpc) is 2.79. The average molecular weight is 345 g/mol. The van der Waals surface area contributed by atoms with Crippen molar-refractivity contribution in [2.75, 3.05) is 4.72 Å². The monoisotopic (exact) mass is 345 g/mol. The minimum atomic E-state index is -3.72. The van der Waals surface area contributed by atoms with Gasteiger partial charge in [0.05, 0.1) is 15.9 Å². The molecule has 2 aromatic carbocycles. The Labute approximate surface area is 140 Å². The molecule has 7 heteroatoms. The quantitative estimate of drug-likeness (QED) is 0.788. The Kier molecular flexibility index (Phi) is 3.96. The summed E-state index contributed by atoms with van der Waals surface area (Å²) in [5.41, 5.74) is 2.72. The third kappa shape index (κ3) is 2.71. The van der Waals surface area contributed by atoms with Crippen LogP contribution in [0.4, 0.5) is 5.69 Å². The second-order valence-electron chi connectivity index (χ2n) is 5.71. The van der Waals surface area contributed by atoms with E-state index in [-0.39, 0.29) is 10.6 Å². The first-order valence-electron chi connectivity index (χ1n) is 7.60. The largest absolute Gasteiger partial charge is 0.328 e. The Hall–Kier alpha value is -2.54. The third-order valence-corrected chi connectivity index (χ3v) is 5.55. The summed E-state index contributed by atoms with van der Waals surface area (Å²) in [5.74, 6) is 0. The van der Waals surface area contributed by atoms with Crippen molar-refractivity contribution in [1.82, 2.24) is 9.13 Å². The lowest BCUT2D eigenvalue weighted by Crippen LogP contribution is -2.19. The van der Waals surface area contributed by atoms with Crippen molar-refractivity contribution in [3.63, 3.8) is 0 Å². The van der Waals surface area contributed by atoms with Gasteiger partial charge in [-0.1, -0.05) is 19.1 Å². The minimum Gasteiger partial charge on any atom is -0.295 e. The molecule has 0 bridgehead atoms. The van der Waals surface area contributed by atoms with Gasteiger partial charge in [0.2, 0.25) is 0 Å². The van der Waals surface area contributed by atoms with E-state index in [0.717, 1.165) is 12.0 Å². The van der Waals surface area contributed by atoms with Crippen LogP contribution in [0.5, 0.6) is 0 Å². The highest BCUT2D eigenvalue weighted by atomic mass is 32.2. The van der Waals surface area contributed by atoms with E-state index >= 15 is 0 Å². The molecule has 0 aliphatic heterocycles. The van der Waals surface area contributed by atoms with Crippen LogP contribution < -0.4 is 10.4 Å². The molecule has 1 N–H and O–H groups in total. The number of rotatable bonds is 4. The van der Waals surface area contributed by atoms with Crippen LogP contribution in [-0.2, 0) is 30.5 Å². The van der Waals surface area contributed by atoms with Crippen molar-refractivity contribution in [3.8, 4) is 0 Å². The summed E-state index contributed by atoms with van der Waals surface area (Å²) in [6.45, 7) is 2.04. The Balaban J connectivity index is 2.01. The number of hydrogen-bond acceptors (Lipinski definition) is 3. The number of fused-ring (bicyclic) bond motifs is 1. The van der Waals surface area contributed by atoms with E-state index in [4.69, 9.17) is 0 Å². The van der Waals surface area contributed by atoms with Crippen molar-refractivity contribution in [2.24, 2.45) is 14.1 Å². The van der Waals surface area contributed by atoms with Gasteiger partial charge in [0.1, 0.15) is 0 Å². The molecule has 1 aromatic heterocycles. The normalized spacial score (nSPS) is 11.8. The Bertz CT molecular complexity index is 1060. The Morgan fingerprint density at radius 1 is 0.958 bits per heavy atom. The highest BCUT2D eigenvalue weighted by Gasteiger charge is 2.17. The maximum Gasteiger partial charge on any atom is 0.328 e. The van der Waals surface area contributed by atoms with Gasteiger partial charge >= 0.3 is 5.69 Å². The molecule has 24 heavy (non-hydrogen) atoms. The summed E-state index contributed by atoms with van der Waals surface area (Å²) < 4.78 is 30.7. The maximum absolute atomic E-state index is 12.6. The van der Waals surface area contributed by atoms with E-state index in [2.05, 4.69) is 4.72 Å². The zero-order chi connectivity index (χ0) is 17.5. The van der Waals surface area contributed by atoms with Crippen LogP contribution in [-0.4, -0.2) is 17.6 Å². The summed E-state index contributed by atoms with van der Waals surface area (Å²) in [6, 6.07) is 11.9. The fourth-order valence-corrected chi connectivity index (χ4v) is 3.75. The SMILES string of the molecule is CCc1ccc(NS(=O)(=O)c2ccc3c(c2)n(C)c(=O)n3C)cc1. The summed E-state index contributed by atoms with van der Waals surface area (Å²) >= 11 is 0. The number of benzene rings is 2. The van der Waals surface area contributed by atoms with Crippen LogP contribution >= 0.6 is 0 Å². The van der Waals surface area contributed by atoms with Gasteiger partial charge in [-0.05, 0) is 42.3 Å². The molecule has 126 valence electrons. The van der Waals surface area contributed by atoms with Crippen LogP contribution in [0.2, 0.25) is 0 Å². The van der Waals surface area contributed by atoms with Gasteiger partial charge in [0, 0.05) is 19.8 Å². The van der Waals surface area contributed by atoms with Gasteiger partial charge in [-0.3, -0.25) is 13.9 Å². The number of hydrogen-bond donors (Lipinski definition) is 1. The lowest BCUT2D eigenvalue weighted by Gasteiger charge is -2.09. The van der Waals surface area contributed by atoms with Gasteiger partial charge in [0.25, 0.3) is 10.0 Å². The second kappa shape index (κ2) is 5.83. The minimum absolute atomic E-state index is 0.121. The summed E-state index contributed by atoms with van der Waals surface area (Å²) in [6.07, 6.45) is 0.895. The second-order valence-corrected chi connectivity index (χ2v) is 7.39. The first-order valence-corrected chi connectivity index (χ1v) is 9.09. The molecule has 0 aliphatic rings. The molecule has 3 aromatic rings. The number of aryl methyl sites for hydroxylation is 3. The number of nitrogens with one attached hydrogen (secondary N) is 1. The molecule has 0 saturated heterocycles. The van der Waals surface area contributed by atoms with E-state index in [1.165, 1.54) is 21.3 Å². The first-order chi connectivity index (χ1) is 11.3. The molecule has 0 spiro atoms. The lowest BCUT2D eigenvalue weighted by atomic mass is 10.2. The summed E-state index contributed by atoms with van der Waals surface area (Å²) in [5, 5.41) is 0. The fourth-order valence-electron chi connectivity index (χ4n) is 2.68. The van der Waals surface area contributed by atoms with Gasteiger partial charge in [0.15, 0.2) is 0 Å². The summed E-state index contributed by atoms with van der Waals surface area (Å²) in [4.78, 5) is 12.1. The van der Waals surface area contributed by atoms with Crippen molar-refractivity contribution in [3.05, 3.63) is 58.5 Å². The van der Waals surface area contributed by atoms with Crippen LogP contribution in [0.25, 0.3) is 11.0 Å². The Morgan fingerprint density at radius 3 is 2.21 bits per heavy atom. The van der Waals surface area contributed by atoms with Crippen LogP contribution in [0, 0.1) is 0 Å². The van der Waals surface area contributed by atoms with Gasteiger partial charge in [-0.25, -0.2) is 13.2 Å². The summed E-state index contributed by atoms with van der Waals surface area (Å²) in [7, 11) is -0.437. The highest BCUT2D eigenvalue weighted by molar-refractivity contribution is 7.92. The highest BCUT2D eigenvalue weighted by Crippen LogP contribution is 2.21. The van der Waals surface area contributed by atoms with Crippen molar-refractivity contribution < 1.29 is 8.42 Å². The molecule has 0 aliphatic carbocycles. The molecule has 0 atom stereocenters. The molecule has 0 fully saturated rings. The number of nitrogens with zero attached hydrogens (tertiary/aromatic N) is 2. The van der Waals surface area contributed by atoms with Gasteiger partial charge < -0.3 is 0 Å². The first kappa shape index (κ1) is 16.3. The molecular formula is C17H19N3O3S. The van der Waals surface area contributed by atoms with E-state index in [1.807, 2.05) is 19.1 Å². The van der Waals surface area contributed by atoms with Crippen LogP contribution in [0.1, 0.15) is 12.5 Å². The van der Waals surface area contributed by atoms with Gasteiger partial charge in [-0.15, -0.1) is 0 Å². The smallest absolute Gasteiger partial charge is 0.295 e. The molecule has 1 heterocycles. The van der Waals surface area contributed by atoms with E-state index in [9.17, 15) is 13.2 Å². The van der Waals surface area contributed by atoms with E-state index in [1.54, 1.807) is 32.3 Å². The van der Waals surface area contributed by atoms with E-state index < -0.39 is 10.0 Å². The predicted molar refractivity (Wildman–Crippen MR) is 94.8 cm³/mol. The molecular weight excluding hydrogens is 326 g/mol. The molecule has 0 radical (unpaired) electrons. The van der Waals surface area contributed by atoms with Crippen molar-refractivity contribution in [2.45, 2.75) is 18.2 Å². The fraction of sp³-hybridized carbons (Fsp3) is 0.235. The van der Waals surface area contributed by atoms with Crippen molar-refractivity contribution in [1.29, 1.82) is 0 Å². The number of anilines is 1. The van der Waals surface area contributed by atoms with E-state index in [0.29, 0.717) is 16.7 Å².